The molecule has 0 rings (SSSR count). The van der Waals surface area contributed by atoms with Crippen LogP contribution in [-0.4, -0.2) is 37.9 Å². The van der Waals surface area contributed by atoms with Crippen LogP contribution in [0.2, 0.25) is 0 Å². The summed E-state index contributed by atoms with van der Waals surface area (Å²) in [5, 5.41) is 16.5. The summed E-state index contributed by atoms with van der Waals surface area (Å²) in [6.45, 7) is 0. The molecular formula is C2H6O2Te. The Hall–Kier alpha value is 0.710. The van der Waals surface area contributed by atoms with Crippen molar-refractivity contribution in [1.82, 2.24) is 0 Å². The van der Waals surface area contributed by atoms with Crippen LogP contribution in [0.4, 0.5) is 0 Å². The first-order valence-corrected chi connectivity index (χ1v) is 0.816. The van der Waals surface area contributed by atoms with Crippen LogP contribution in [-0.2, 0) is 0 Å². The summed E-state index contributed by atoms with van der Waals surface area (Å²) >= 11 is 0. The molecule has 0 aliphatic rings. The maximum Gasteiger partial charge on any atom is 2.00 e. The summed E-state index contributed by atoms with van der Waals surface area (Å²) < 4.78 is 0. The van der Waals surface area contributed by atoms with E-state index in [4.69, 9.17) is 10.2 Å². The van der Waals surface area contributed by atoms with Gasteiger partial charge in [0, 0.05) is 0 Å². The summed E-state index contributed by atoms with van der Waals surface area (Å²) in [5.74, 6) is 0. The molecule has 0 aliphatic heterocycles. The molecule has 0 spiro atoms. The third-order valence-corrected chi connectivity index (χ3v) is 0. The molecular weight excluding hydrogens is 184 g/mol. The molecule has 3 heteroatoms. The average molecular weight is 190 g/mol. The maximum absolute atomic E-state index is 8.25. The van der Waals surface area contributed by atoms with Gasteiger partial charge in [0.1, 0.15) is 0 Å². The SMILES string of the molecule is C[O-].C[O-].[Te+2]. The van der Waals surface area contributed by atoms with Gasteiger partial charge in [-0.05, 0) is 0 Å². The van der Waals surface area contributed by atoms with E-state index < -0.39 is 0 Å². The molecule has 0 atom stereocenters. The molecule has 0 aromatic heterocycles. The van der Waals surface area contributed by atoms with Crippen molar-refractivity contribution in [3.63, 3.8) is 0 Å². The molecule has 0 saturated carbocycles. The fourth-order valence-electron chi connectivity index (χ4n) is 0. The molecule has 32 valence electrons. The van der Waals surface area contributed by atoms with E-state index in [1.807, 2.05) is 0 Å². The summed E-state index contributed by atoms with van der Waals surface area (Å²) in [7, 11) is 1.50. The van der Waals surface area contributed by atoms with Crippen molar-refractivity contribution in [3.05, 3.63) is 0 Å². The predicted octanol–water partition coefficient (Wildman–Crippen LogP) is -2.43. The van der Waals surface area contributed by atoms with Gasteiger partial charge in [-0.25, -0.2) is 0 Å². The Morgan fingerprint density at radius 3 is 0.800 bits per heavy atom. The van der Waals surface area contributed by atoms with Crippen molar-refractivity contribution < 1.29 is 10.2 Å². The molecule has 0 aliphatic carbocycles. The van der Waals surface area contributed by atoms with Crippen molar-refractivity contribution in [3.8, 4) is 0 Å². The quantitative estimate of drug-likeness (QED) is 0.398. The first kappa shape index (κ1) is 17.2. The molecule has 0 aromatic rings. The van der Waals surface area contributed by atoms with E-state index in [9.17, 15) is 0 Å². The second-order valence-corrected chi connectivity index (χ2v) is 0. The van der Waals surface area contributed by atoms with Crippen LogP contribution >= 0.6 is 0 Å². The van der Waals surface area contributed by atoms with E-state index in [1.165, 1.54) is 0 Å². The summed E-state index contributed by atoms with van der Waals surface area (Å²) in [6.07, 6.45) is 0. The zero-order chi connectivity index (χ0) is 4.00. The van der Waals surface area contributed by atoms with Gasteiger partial charge >= 0.3 is 23.7 Å². The molecule has 2 nitrogen and oxygen atoms in total. The fourth-order valence-corrected chi connectivity index (χ4v) is 0. The van der Waals surface area contributed by atoms with E-state index in [-0.39, 0.29) is 23.7 Å². The van der Waals surface area contributed by atoms with Crippen LogP contribution in [0.15, 0.2) is 0 Å². The monoisotopic (exact) mass is 192 g/mol. The third-order valence-electron chi connectivity index (χ3n) is 0. The molecule has 0 fully saturated rings. The minimum Gasteiger partial charge on any atom is -0.857 e. The van der Waals surface area contributed by atoms with Gasteiger partial charge in [0.15, 0.2) is 0 Å². The van der Waals surface area contributed by atoms with Gasteiger partial charge in [0.05, 0.1) is 0 Å². The predicted molar refractivity (Wildman–Crippen MR) is 17.6 cm³/mol. The summed E-state index contributed by atoms with van der Waals surface area (Å²) in [4.78, 5) is 0. The Bertz CT molecular complexity index is 7.61. The van der Waals surface area contributed by atoms with E-state index in [0.29, 0.717) is 0 Å². The van der Waals surface area contributed by atoms with Crippen LogP contribution in [0.25, 0.3) is 0 Å². The van der Waals surface area contributed by atoms with Gasteiger partial charge in [0.2, 0.25) is 0 Å². The average Bonchev–Trinajstić information content (AvgIpc) is 1.50. The van der Waals surface area contributed by atoms with Crippen molar-refractivity contribution in [2.45, 2.75) is 0 Å². The second-order valence-electron chi connectivity index (χ2n) is 0. The Morgan fingerprint density at radius 2 is 0.800 bits per heavy atom. The van der Waals surface area contributed by atoms with Crippen molar-refractivity contribution in [1.29, 1.82) is 0 Å². The molecule has 0 unspecified atom stereocenters. The minimum absolute atomic E-state index is 0. The van der Waals surface area contributed by atoms with Crippen LogP contribution in [0, 0.1) is 0 Å². The van der Waals surface area contributed by atoms with Crippen molar-refractivity contribution in [2.24, 2.45) is 0 Å². The van der Waals surface area contributed by atoms with Gasteiger partial charge in [-0.2, -0.15) is 14.2 Å². The Morgan fingerprint density at radius 1 is 0.800 bits per heavy atom. The zero-order valence-electron chi connectivity index (χ0n) is 3.22. The standard InChI is InChI=1S/2CH3O.Te/c2*1-2;/h2*1H3;/q2*-1;+2. The minimum atomic E-state index is 0. The smallest absolute Gasteiger partial charge is 0.857 e. The first-order chi connectivity index (χ1) is 2.00. The Balaban J connectivity index is -0.0000000133. The molecule has 0 amide bonds. The fraction of sp³-hybridized carbons (Fsp3) is 1.00. The number of hydrogen-bond acceptors (Lipinski definition) is 2. The molecule has 0 N–H and O–H groups in total. The van der Waals surface area contributed by atoms with Crippen LogP contribution in [0.5, 0.6) is 0 Å². The van der Waals surface area contributed by atoms with E-state index >= 15 is 0 Å². The van der Waals surface area contributed by atoms with Crippen LogP contribution < -0.4 is 10.2 Å². The maximum atomic E-state index is 8.25. The van der Waals surface area contributed by atoms with Gasteiger partial charge < -0.3 is 10.2 Å². The molecule has 0 heterocycles. The van der Waals surface area contributed by atoms with Crippen molar-refractivity contribution in [2.75, 3.05) is 14.2 Å². The third kappa shape index (κ3) is 68.7. The molecule has 0 aromatic carbocycles. The summed E-state index contributed by atoms with van der Waals surface area (Å²) in [6, 6.07) is 0. The van der Waals surface area contributed by atoms with Gasteiger partial charge in [-0.15, -0.1) is 0 Å². The number of hydrogen-bond donors (Lipinski definition) is 0. The van der Waals surface area contributed by atoms with E-state index in [0.717, 1.165) is 14.2 Å². The number of rotatable bonds is 0. The van der Waals surface area contributed by atoms with Gasteiger partial charge in [-0.1, -0.05) is 0 Å². The van der Waals surface area contributed by atoms with Crippen LogP contribution in [0.3, 0.4) is 0 Å². The Kier molecular flexibility index (Phi) is 444. The summed E-state index contributed by atoms with van der Waals surface area (Å²) in [5.41, 5.74) is 0. The van der Waals surface area contributed by atoms with Crippen LogP contribution in [0.1, 0.15) is 0 Å². The molecule has 0 saturated heterocycles. The first-order valence-electron chi connectivity index (χ1n) is 0.816. The Labute approximate surface area is 48.5 Å². The zero-order valence-corrected chi connectivity index (χ0v) is 5.56. The van der Waals surface area contributed by atoms with Crippen molar-refractivity contribution >= 4 is 23.7 Å². The largest absolute Gasteiger partial charge is 2.00 e. The van der Waals surface area contributed by atoms with Gasteiger partial charge in [-0.3, -0.25) is 0 Å². The topological polar surface area (TPSA) is 46.1 Å². The molecule has 5 heavy (non-hydrogen) atoms. The normalized spacial score (nSPS) is 2.40. The second kappa shape index (κ2) is 129. The van der Waals surface area contributed by atoms with E-state index in [1.54, 1.807) is 0 Å². The van der Waals surface area contributed by atoms with E-state index in [2.05, 4.69) is 0 Å². The van der Waals surface area contributed by atoms with Gasteiger partial charge in [0.25, 0.3) is 0 Å². The molecule has 0 bridgehead atoms. The molecule has 4 radical (unpaired) electrons.